The van der Waals surface area contributed by atoms with E-state index in [1.807, 2.05) is 13.0 Å². The summed E-state index contributed by atoms with van der Waals surface area (Å²) in [5.41, 5.74) is 0. The lowest BCUT2D eigenvalue weighted by molar-refractivity contribution is -0.121. The molecule has 0 radical (unpaired) electrons. The Labute approximate surface area is 88.4 Å². The number of hydrogen-bond donors (Lipinski definition) is 1. The van der Waals surface area contributed by atoms with Crippen LogP contribution in [0.15, 0.2) is 22.8 Å². The van der Waals surface area contributed by atoms with E-state index in [1.165, 1.54) is 0 Å². The summed E-state index contributed by atoms with van der Waals surface area (Å²) in [7, 11) is 0. The zero-order valence-corrected chi connectivity index (χ0v) is 9.04. The molecule has 1 heterocycles. The third-order valence-corrected chi connectivity index (χ3v) is 2.17. The van der Waals surface area contributed by atoms with Crippen molar-refractivity contribution in [2.45, 2.75) is 31.7 Å². The predicted octanol–water partition coefficient (Wildman–Crippen LogP) is 2.47. The van der Waals surface area contributed by atoms with Gasteiger partial charge >= 0.3 is 0 Å². The summed E-state index contributed by atoms with van der Waals surface area (Å²) in [5.74, 6) is 0.591. The number of halogens is 1. The van der Waals surface area contributed by atoms with Gasteiger partial charge in [-0.2, -0.15) is 0 Å². The number of nitrogens with one attached hydrogen (secondary N) is 1. The van der Waals surface area contributed by atoms with Gasteiger partial charge in [-0.3, -0.25) is 4.79 Å². The Morgan fingerprint density at radius 3 is 2.86 bits per heavy atom. The van der Waals surface area contributed by atoms with Crippen molar-refractivity contribution in [1.29, 1.82) is 0 Å². The van der Waals surface area contributed by atoms with Crippen molar-refractivity contribution in [1.82, 2.24) is 5.32 Å². The van der Waals surface area contributed by atoms with Gasteiger partial charge in [0.1, 0.15) is 11.1 Å². The summed E-state index contributed by atoms with van der Waals surface area (Å²) < 4.78 is 5.21. The molecule has 2 atom stereocenters. The molecular formula is C10H14ClNO2. The number of hydrogen-bond acceptors (Lipinski definition) is 2. The van der Waals surface area contributed by atoms with Gasteiger partial charge in [-0.1, -0.05) is 6.92 Å². The van der Waals surface area contributed by atoms with Gasteiger partial charge in [-0.25, -0.2) is 0 Å². The number of carbonyl (C=O) groups excluding carboxylic acids is 1. The zero-order valence-electron chi connectivity index (χ0n) is 8.29. The van der Waals surface area contributed by atoms with Gasteiger partial charge in [0.25, 0.3) is 0 Å². The van der Waals surface area contributed by atoms with Gasteiger partial charge in [0, 0.05) is 0 Å². The standard InChI is InChI=1S/C10H14ClNO2/c1-3-8(9-5-4-6-14-9)12-10(13)7(2)11/h4-8H,3H2,1-2H3,(H,12,13). The monoisotopic (exact) mass is 215 g/mol. The summed E-state index contributed by atoms with van der Waals surface area (Å²) in [6, 6.07) is 3.56. The van der Waals surface area contributed by atoms with Gasteiger partial charge in [-0.15, -0.1) is 11.6 Å². The van der Waals surface area contributed by atoms with Gasteiger partial charge < -0.3 is 9.73 Å². The molecule has 1 N–H and O–H groups in total. The van der Waals surface area contributed by atoms with Crippen molar-refractivity contribution in [3.8, 4) is 0 Å². The highest BCUT2D eigenvalue weighted by atomic mass is 35.5. The smallest absolute Gasteiger partial charge is 0.238 e. The maximum atomic E-state index is 11.3. The topological polar surface area (TPSA) is 42.2 Å². The first-order valence-electron chi connectivity index (χ1n) is 4.63. The molecule has 3 nitrogen and oxygen atoms in total. The minimum Gasteiger partial charge on any atom is -0.467 e. The second-order valence-electron chi connectivity index (χ2n) is 3.10. The molecular weight excluding hydrogens is 202 g/mol. The van der Waals surface area contributed by atoms with Crippen LogP contribution >= 0.6 is 11.6 Å². The third kappa shape index (κ3) is 2.77. The van der Waals surface area contributed by atoms with E-state index >= 15 is 0 Å². The van der Waals surface area contributed by atoms with Crippen molar-refractivity contribution in [3.63, 3.8) is 0 Å². The number of carbonyl (C=O) groups is 1. The Morgan fingerprint density at radius 2 is 2.43 bits per heavy atom. The molecule has 4 heteroatoms. The zero-order chi connectivity index (χ0) is 10.6. The average molecular weight is 216 g/mol. The van der Waals surface area contributed by atoms with Crippen LogP contribution in [0.3, 0.4) is 0 Å². The van der Waals surface area contributed by atoms with Crippen LogP contribution in [0.4, 0.5) is 0 Å². The van der Waals surface area contributed by atoms with Gasteiger partial charge in [0.2, 0.25) is 5.91 Å². The Bertz CT molecular complexity index is 282. The highest BCUT2D eigenvalue weighted by Crippen LogP contribution is 2.17. The lowest BCUT2D eigenvalue weighted by Crippen LogP contribution is -2.32. The molecule has 0 saturated carbocycles. The molecule has 0 fully saturated rings. The number of rotatable bonds is 4. The quantitative estimate of drug-likeness (QED) is 0.785. The molecule has 0 saturated heterocycles. The van der Waals surface area contributed by atoms with Crippen molar-refractivity contribution >= 4 is 17.5 Å². The fraction of sp³-hybridized carbons (Fsp3) is 0.500. The maximum Gasteiger partial charge on any atom is 0.238 e. The largest absolute Gasteiger partial charge is 0.467 e. The predicted molar refractivity (Wildman–Crippen MR) is 55.2 cm³/mol. The number of amides is 1. The first kappa shape index (κ1) is 11.1. The fourth-order valence-electron chi connectivity index (χ4n) is 1.15. The molecule has 1 amide bonds. The van der Waals surface area contributed by atoms with Crippen molar-refractivity contribution < 1.29 is 9.21 Å². The third-order valence-electron chi connectivity index (χ3n) is 1.97. The van der Waals surface area contributed by atoms with E-state index in [4.69, 9.17) is 16.0 Å². The molecule has 1 aromatic rings. The van der Waals surface area contributed by atoms with Crippen LogP contribution in [0.1, 0.15) is 32.1 Å². The van der Waals surface area contributed by atoms with E-state index in [0.29, 0.717) is 0 Å². The van der Waals surface area contributed by atoms with Crippen LogP contribution in [0.25, 0.3) is 0 Å². The van der Waals surface area contributed by atoms with Crippen molar-refractivity contribution in [2.75, 3.05) is 0 Å². The minimum absolute atomic E-state index is 0.0845. The van der Waals surface area contributed by atoms with Crippen LogP contribution in [-0.2, 0) is 4.79 Å². The molecule has 0 bridgehead atoms. The number of furan rings is 1. The van der Waals surface area contributed by atoms with E-state index in [-0.39, 0.29) is 11.9 Å². The summed E-state index contributed by atoms with van der Waals surface area (Å²) in [6.07, 6.45) is 2.37. The van der Waals surface area contributed by atoms with E-state index in [0.717, 1.165) is 12.2 Å². The molecule has 0 aliphatic carbocycles. The molecule has 1 aromatic heterocycles. The highest BCUT2D eigenvalue weighted by Gasteiger charge is 2.17. The van der Waals surface area contributed by atoms with Crippen LogP contribution in [-0.4, -0.2) is 11.3 Å². The first-order chi connectivity index (χ1) is 6.65. The first-order valence-corrected chi connectivity index (χ1v) is 5.06. The molecule has 2 unspecified atom stereocenters. The molecule has 0 aliphatic rings. The second kappa shape index (κ2) is 5.05. The summed E-state index contributed by atoms with van der Waals surface area (Å²) >= 11 is 5.65. The second-order valence-corrected chi connectivity index (χ2v) is 3.76. The van der Waals surface area contributed by atoms with Crippen molar-refractivity contribution in [3.05, 3.63) is 24.2 Å². The molecule has 78 valence electrons. The lowest BCUT2D eigenvalue weighted by atomic mass is 10.1. The number of alkyl halides is 1. The van der Waals surface area contributed by atoms with Gasteiger partial charge in [0.05, 0.1) is 12.3 Å². The minimum atomic E-state index is -0.515. The van der Waals surface area contributed by atoms with Crippen LogP contribution in [0.2, 0.25) is 0 Å². The van der Waals surface area contributed by atoms with E-state index in [2.05, 4.69) is 5.32 Å². The molecule has 1 rings (SSSR count). The Kier molecular flexibility index (Phi) is 4.01. The Hall–Kier alpha value is -0.960. The normalized spacial score (nSPS) is 14.8. The molecule has 0 aliphatic heterocycles. The van der Waals surface area contributed by atoms with E-state index < -0.39 is 5.38 Å². The van der Waals surface area contributed by atoms with Crippen molar-refractivity contribution in [2.24, 2.45) is 0 Å². The van der Waals surface area contributed by atoms with E-state index in [9.17, 15) is 4.79 Å². The average Bonchev–Trinajstić information content (AvgIpc) is 2.66. The fourth-order valence-corrected chi connectivity index (χ4v) is 1.21. The van der Waals surface area contributed by atoms with E-state index in [1.54, 1.807) is 19.3 Å². The summed E-state index contributed by atoms with van der Waals surface area (Å²) in [6.45, 7) is 3.62. The van der Waals surface area contributed by atoms with Crippen LogP contribution < -0.4 is 5.32 Å². The molecule has 0 aromatic carbocycles. The summed E-state index contributed by atoms with van der Waals surface area (Å²) in [4.78, 5) is 11.3. The van der Waals surface area contributed by atoms with Gasteiger partial charge in [0.15, 0.2) is 0 Å². The van der Waals surface area contributed by atoms with Crippen LogP contribution in [0.5, 0.6) is 0 Å². The maximum absolute atomic E-state index is 11.3. The van der Waals surface area contributed by atoms with Gasteiger partial charge in [-0.05, 0) is 25.5 Å². The SMILES string of the molecule is CCC(NC(=O)C(C)Cl)c1ccco1. The Morgan fingerprint density at radius 1 is 1.71 bits per heavy atom. The highest BCUT2D eigenvalue weighted by molar-refractivity contribution is 6.30. The van der Waals surface area contributed by atoms with Crippen LogP contribution in [0, 0.1) is 0 Å². The lowest BCUT2D eigenvalue weighted by Gasteiger charge is -2.15. The summed E-state index contributed by atoms with van der Waals surface area (Å²) in [5, 5.41) is 2.29. The molecule has 0 spiro atoms. The Balaban J connectivity index is 2.61. The molecule has 14 heavy (non-hydrogen) atoms.